The Bertz CT molecular complexity index is 902. The molecule has 12 heteroatoms. The molecule has 8 nitrogen and oxygen atoms in total. The van der Waals surface area contributed by atoms with Gasteiger partial charge in [0.1, 0.15) is 0 Å². The van der Waals surface area contributed by atoms with Crippen molar-refractivity contribution in [1.29, 1.82) is 0 Å². The van der Waals surface area contributed by atoms with Crippen molar-refractivity contribution in [2.45, 2.75) is 64.3 Å². The second kappa shape index (κ2) is 12.3. The number of hydrogen-bond donors (Lipinski definition) is 1. The standard InChI is InChI=1S/C20H32N2O4S.C2HF3O2/c1-3-15-27(23,24)22-11-9-20(10-12-22)18(8-14-26-20)7-13-25-16-19-6-4-5-17(2)21-19;3-2(4,5)1(6)7/h4-6,18H,3,7-16H2,1-2H3;(H,6,7). The van der Waals surface area contributed by atoms with Gasteiger partial charge in [-0.1, -0.05) is 13.0 Å². The van der Waals surface area contributed by atoms with Gasteiger partial charge in [0.25, 0.3) is 0 Å². The van der Waals surface area contributed by atoms with Crippen LogP contribution < -0.4 is 0 Å². The fourth-order valence-electron chi connectivity index (χ4n) is 4.36. The molecule has 2 fully saturated rings. The molecule has 1 atom stereocenters. The molecule has 0 bridgehead atoms. The fraction of sp³-hybridized carbons (Fsp3) is 0.727. The zero-order valence-corrected chi connectivity index (χ0v) is 20.3. The first kappa shape index (κ1) is 28.5. The number of halogens is 3. The zero-order valence-electron chi connectivity index (χ0n) is 19.5. The number of nitrogens with zero attached hydrogens (tertiary/aromatic N) is 2. The minimum atomic E-state index is -5.08. The molecule has 2 aliphatic heterocycles. The topological polar surface area (TPSA) is 106 Å². The summed E-state index contributed by atoms with van der Waals surface area (Å²) >= 11 is 0. The number of pyridine rings is 1. The second-order valence-electron chi connectivity index (χ2n) is 8.53. The van der Waals surface area contributed by atoms with Crippen LogP contribution in [0.4, 0.5) is 13.2 Å². The number of carboxylic acids is 1. The Morgan fingerprint density at radius 1 is 1.32 bits per heavy atom. The number of sulfonamides is 1. The number of carboxylic acid groups (broad SMARTS) is 1. The number of carbonyl (C=O) groups is 1. The van der Waals surface area contributed by atoms with Gasteiger partial charge in [-0.15, -0.1) is 0 Å². The third-order valence-electron chi connectivity index (χ3n) is 6.07. The van der Waals surface area contributed by atoms with E-state index in [9.17, 15) is 21.6 Å². The summed E-state index contributed by atoms with van der Waals surface area (Å²) in [6.07, 6.45) is -0.850. The van der Waals surface area contributed by atoms with E-state index in [-0.39, 0.29) is 11.4 Å². The lowest BCUT2D eigenvalue weighted by molar-refractivity contribution is -0.192. The summed E-state index contributed by atoms with van der Waals surface area (Å²) in [5, 5.41) is 7.12. The summed E-state index contributed by atoms with van der Waals surface area (Å²) < 4.78 is 70.0. The molecule has 0 aliphatic carbocycles. The highest BCUT2D eigenvalue weighted by molar-refractivity contribution is 7.89. The first-order valence-corrected chi connectivity index (χ1v) is 12.9. The van der Waals surface area contributed by atoms with Gasteiger partial charge in [0.05, 0.1) is 23.7 Å². The van der Waals surface area contributed by atoms with Gasteiger partial charge in [0.15, 0.2) is 0 Å². The Kier molecular flexibility index (Phi) is 10.3. The molecule has 0 radical (unpaired) electrons. The molecule has 1 unspecified atom stereocenters. The van der Waals surface area contributed by atoms with Gasteiger partial charge < -0.3 is 14.6 Å². The van der Waals surface area contributed by atoms with Gasteiger partial charge >= 0.3 is 12.1 Å². The highest BCUT2D eigenvalue weighted by atomic mass is 32.2. The molecule has 3 rings (SSSR count). The normalized spacial score (nSPS) is 20.7. The number of aryl methyl sites for hydroxylation is 1. The number of aliphatic carboxylic acids is 1. The van der Waals surface area contributed by atoms with Gasteiger partial charge in [0.2, 0.25) is 10.0 Å². The van der Waals surface area contributed by atoms with Crippen LogP contribution in [0.3, 0.4) is 0 Å². The van der Waals surface area contributed by atoms with Crippen LogP contribution in [-0.2, 0) is 30.9 Å². The Morgan fingerprint density at radius 3 is 2.53 bits per heavy atom. The van der Waals surface area contributed by atoms with E-state index < -0.39 is 22.2 Å². The van der Waals surface area contributed by atoms with E-state index >= 15 is 0 Å². The molecule has 1 aromatic rings. The minimum Gasteiger partial charge on any atom is -0.475 e. The third-order valence-corrected chi connectivity index (χ3v) is 8.15. The van der Waals surface area contributed by atoms with E-state index in [1.807, 2.05) is 32.0 Å². The van der Waals surface area contributed by atoms with Crippen molar-refractivity contribution < 1.29 is 41.0 Å². The first-order valence-electron chi connectivity index (χ1n) is 11.3. The second-order valence-corrected chi connectivity index (χ2v) is 10.6. The van der Waals surface area contributed by atoms with Gasteiger partial charge in [-0.3, -0.25) is 4.98 Å². The van der Waals surface area contributed by atoms with Crippen LogP contribution in [0.1, 0.15) is 50.4 Å². The molecule has 0 aromatic carbocycles. The fourth-order valence-corrected chi connectivity index (χ4v) is 5.87. The lowest BCUT2D eigenvalue weighted by atomic mass is 9.78. The van der Waals surface area contributed by atoms with Gasteiger partial charge in [0, 0.05) is 32.0 Å². The van der Waals surface area contributed by atoms with Crippen molar-refractivity contribution in [3.05, 3.63) is 29.6 Å². The number of aromatic nitrogens is 1. The Morgan fingerprint density at radius 2 is 1.97 bits per heavy atom. The van der Waals surface area contributed by atoms with Gasteiger partial charge in [-0.25, -0.2) is 17.5 Å². The van der Waals surface area contributed by atoms with E-state index in [2.05, 4.69) is 4.98 Å². The maximum absolute atomic E-state index is 12.3. The lowest BCUT2D eigenvalue weighted by Gasteiger charge is -2.41. The van der Waals surface area contributed by atoms with E-state index in [1.165, 1.54) is 0 Å². The zero-order chi connectivity index (χ0) is 25.4. The van der Waals surface area contributed by atoms with Gasteiger partial charge in [-0.05, 0) is 57.1 Å². The number of hydrogen-bond acceptors (Lipinski definition) is 6. The number of alkyl halides is 3. The van der Waals surface area contributed by atoms with Crippen LogP contribution in [0.25, 0.3) is 0 Å². The quantitative estimate of drug-likeness (QED) is 0.533. The van der Waals surface area contributed by atoms with E-state index in [4.69, 9.17) is 19.4 Å². The van der Waals surface area contributed by atoms with Crippen molar-refractivity contribution in [2.75, 3.05) is 32.1 Å². The molecule has 2 saturated heterocycles. The first-order chi connectivity index (χ1) is 15.9. The minimum absolute atomic E-state index is 0.164. The van der Waals surface area contributed by atoms with Crippen molar-refractivity contribution in [1.82, 2.24) is 9.29 Å². The summed E-state index contributed by atoms with van der Waals surface area (Å²) in [6, 6.07) is 5.97. The predicted octanol–water partition coefficient (Wildman–Crippen LogP) is 3.54. The van der Waals surface area contributed by atoms with Crippen molar-refractivity contribution in [3.8, 4) is 0 Å². The van der Waals surface area contributed by atoms with Crippen molar-refractivity contribution >= 4 is 16.0 Å². The number of piperidine rings is 1. The molecule has 34 heavy (non-hydrogen) atoms. The molecule has 3 heterocycles. The predicted molar refractivity (Wildman–Crippen MR) is 119 cm³/mol. The van der Waals surface area contributed by atoms with Crippen molar-refractivity contribution in [3.63, 3.8) is 0 Å². The third kappa shape index (κ3) is 8.17. The largest absolute Gasteiger partial charge is 0.490 e. The average molecular weight is 511 g/mol. The Balaban J connectivity index is 0.000000509. The summed E-state index contributed by atoms with van der Waals surface area (Å²) in [5.74, 6) is -2.07. The summed E-state index contributed by atoms with van der Waals surface area (Å²) in [7, 11) is -3.11. The maximum Gasteiger partial charge on any atom is 0.490 e. The molecule has 1 spiro atoms. The SMILES string of the molecule is CCCS(=O)(=O)N1CCC2(CC1)OCCC2CCOCc1cccc(C)n1.O=C(O)C(F)(F)F. The number of ether oxygens (including phenoxy) is 2. The van der Waals surface area contributed by atoms with Crippen LogP contribution >= 0.6 is 0 Å². The van der Waals surface area contributed by atoms with Crippen LogP contribution in [-0.4, -0.2) is 72.6 Å². The molecule has 0 saturated carbocycles. The van der Waals surface area contributed by atoms with Crippen LogP contribution in [0.15, 0.2) is 18.2 Å². The van der Waals surface area contributed by atoms with Crippen LogP contribution in [0.5, 0.6) is 0 Å². The summed E-state index contributed by atoms with van der Waals surface area (Å²) in [4.78, 5) is 13.4. The molecule has 194 valence electrons. The summed E-state index contributed by atoms with van der Waals surface area (Å²) in [5.41, 5.74) is 1.80. The summed E-state index contributed by atoms with van der Waals surface area (Å²) in [6.45, 7) is 7.03. The Hall–Kier alpha value is -1.76. The maximum atomic E-state index is 12.3. The van der Waals surface area contributed by atoms with Gasteiger partial charge in [-0.2, -0.15) is 13.2 Å². The number of rotatable bonds is 8. The molecule has 2 aliphatic rings. The average Bonchev–Trinajstić information content (AvgIpc) is 3.13. The molecule has 1 N–H and O–H groups in total. The highest BCUT2D eigenvalue weighted by Gasteiger charge is 2.47. The molecule has 1 aromatic heterocycles. The van der Waals surface area contributed by atoms with E-state index in [1.54, 1.807) is 4.31 Å². The van der Waals surface area contributed by atoms with Crippen molar-refractivity contribution in [2.24, 2.45) is 5.92 Å². The van der Waals surface area contributed by atoms with E-state index in [0.717, 1.165) is 43.7 Å². The molecular formula is C22H33F3N2O6S. The van der Waals surface area contributed by atoms with Crippen LogP contribution in [0, 0.1) is 12.8 Å². The smallest absolute Gasteiger partial charge is 0.475 e. The highest BCUT2D eigenvalue weighted by Crippen LogP contribution is 2.42. The molecule has 0 amide bonds. The lowest BCUT2D eigenvalue weighted by Crippen LogP contribution is -2.50. The van der Waals surface area contributed by atoms with Crippen LogP contribution in [0.2, 0.25) is 0 Å². The molecular weight excluding hydrogens is 477 g/mol. The van der Waals surface area contributed by atoms with E-state index in [0.29, 0.717) is 38.6 Å². The Labute approximate surface area is 198 Å². The monoisotopic (exact) mass is 510 g/mol.